The summed E-state index contributed by atoms with van der Waals surface area (Å²) in [5.74, 6) is -0.0205. The van der Waals surface area contributed by atoms with Crippen LogP contribution in [0.15, 0.2) is 59.5 Å². The van der Waals surface area contributed by atoms with Crippen LogP contribution in [-0.2, 0) is 4.79 Å². The molecule has 0 aromatic heterocycles. The van der Waals surface area contributed by atoms with Gasteiger partial charge in [-0.2, -0.15) is 0 Å². The number of hydrogen-bond acceptors (Lipinski definition) is 5. The van der Waals surface area contributed by atoms with Crippen LogP contribution >= 0.6 is 35.7 Å². The number of Topliss-reactive ketones (excluding diaryl/α,β-unsaturated/α-hetero) is 1. The number of carbonyl (C=O) groups is 1. The van der Waals surface area contributed by atoms with E-state index in [0.29, 0.717) is 0 Å². The predicted molar refractivity (Wildman–Crippen MR) is 113 cm³/mol. The summed E-state index contributed by atoms with van der Waals surface area (Å²) in [6.45, 7) is -0.00257. The van der Waals surface area contributed by atoms with Gasteiger partial charge in [0.2, 0.25) is 0 Å². The lowest BCUT2D eigenvalue weighted by molar-refractivity contribution is -0.118. The Morgan fingerprint density at radius 3 is 2.50 bits per heavy atom. The van der Waals surface area contributed by atoms with Crippen molar-refractivity contribution in [2.45, 2.75) is 9.77 Å². The highest BCUT2D eigenvalue weighted by Crippen LogP contribution is 2.50. The molecule has 0 amide bonds. The molecule has 1 unspecified atom stereocenters. The van der Waals surface area contributed by atoms with Crippen molar-refractivity contribution < 1.29 is 4.79 Å². The zero-order valence-corrected chi connectivity index (χ0v) is 16.5. The lowest BCUT2D eigenvalue weighted by atomic mass is 10.1. The molecule has 4 nitrogen and oxygen atoms in total. The normalized spacial score (nSPS) is 19.2. The molecule has 1 heterocycles. The largest absolute Gasteiger partial charge is 0.399 e. The topological polar surface area (TPSA) is 72.3 Å². The molecule has 6 heteroatoms. The third kappa shape index (κ3) is 3.31. The molecule has 0 aliphatic carbocycles. The Labute approximate surface area is 163 Å². The number of hydrogen-bond donors (Lipinski definition) is 2. The van der Waals surface area contributed by atoms with Crippen LogP contribution in [0, 0.1) is 0 Å². The highest BCUT2D eigenvalue weighted by molar-refractivity contribution is 14.0. The molecule has 0 spiro atoms. The van der Waals surface area contributed by atoms with E-state index in [2.05, 4.69) is 0 Å². The molecule has 1 aliphatic rings. The minimum absolute atomic E-state index is 0. The van der Waals surface area contributed by atoms with Crippen molar-refractivity contribution in [1.29, 1.82) is 0 Å². The average molecular weight is 453 g/mol. The van der Waals surface area contributed by atoms with Gasteiger partial charge in [0.1, 0.15) is 0 Å². The number of likely N-dealkylation sites (N-methyl/N-ethyl adjacent to an activating group) is 1. The highest BCUT2D eigenvalue weighted by Gasteiger charge is 2.46. The molecule has 126 valence electrons. The van der Waals surface area contributed by atoms with Gasteiger partial charge < -0.3 is 16.4 Å². The van der Waals surface area contributed by atoms with Gasteiger partial charge in [0.05, 0.1) is 12.2 Å². The zero-order valence-electron chi connectivity index (χ0n) is 13.3. The molecule has 0 saturated carbocycles. The summed E-state index contributed by atoms with van der Waals surface area (Å²) < 4.78 is 0. The third-order valence-electron chi connectivity index (χ3n) is 4.01. The molecule has 2 aromatic rings. The molecule has 1 atom stereocenters. The number of ketones is 1. The summed E-state index contributed by atoms with van der Waals surface area (Å²) >= 11 is 1.53. The maximum Gasteiger partial charge on any atom is 0.186 e. The van der Waals surface area contributed by atoms with Crippen molar-refractivity contribution in [2.24, 2.45) is 5.73 Å². The number of anilines is 2. The number of rotatable bonds is 4. The smallest absolute Gasteiger partial charge is 0.186 e. The SMILES string of the molecule is CN1c2ccccc2SC1(/C=C/c1ccc(N)cc1)C(=O)CN.I. The summed E-state index contributed by atoms with van der Waals surface area (Å²) in [7, 11) is 1.93. The zero-order chi connectivity index (χ0) is 16.4. The number of nitrogens with zero attached hydrogens (tertiary/aromatic N) is 1. The van der Waals surface area contributed by atoms with E-state index in [-0.39, 0.29) is 36.3 Å². The summed E-state index contributed by atoms with van der Waals surface area (Å²) in [5, 5.41) is 0. The number of thioether (sulfide) groups is 1. The second-order valence-electron chi connectivity index (χ2n) is 5.45. The van der Waals surface area contributed by atoms with Crippen LogP contribution in [0.25, 0.3) is 6.08 Å². The second kappa shape index (κ2) is 7.58. The maximum atomic E-state index is 12.6. The second-order valence-corrected chi connectivity index (χ2v) is 6.72. The van der Waals surface area contributed by atoms with E-state index >= 15 is 0 Å². The quantitative estimate of drug-likeness (QED) is 0.549. The minimum atomic E-state index is -0.806. The first-order valence-electron chi connectivity index (χ1n) is 7.37. The Morgan fingerprint density at radius 2 is 1.88 bits per heavy atom. The van der Waals surface area contributed by atoms with Crippen molar-refractivity contribution in [3.8, 4) is 0 Å². The Bertz CT molecular complexity index is 763. The Hall–Kier alpha value is -1.51. The molecular formula is C18H20IN3OS. The van der Waals surface area contributed by atoms with Crippen molar-refractivity contribution in [1.82, 2.24) is 0 Å². The van der Waals surface area contributed by atoms with Crippen LogP contribution in [0.3, 0.4) is 0 Å². The van der Waals surface area contributed by atoms with Gasteiger partial charge in [0.25, 0.3) is 0 Å². The standard InChI is InChI=1S/C18H19N3OS.HI/c1-21-15-4-2-3-5-16(15)23-18(21,17(22)12-19)11-10-13-6-8-14(20)9-7-13;/h2-11H,12,19-20H2,1H3;1H/b11-10+;. The highest BCUT2D eigenvalue weighted by atomic mass is 127. The van der Waals surface area contributed by atoms with E-state index in [1.807, 2.05) is 72.6 Å². The molecule has 1 aliphatic heterocycles. The van der Waals surface area contributed by atoms with Crippen LogP contribution in [0.2, 0.25) is 0 Å². The fourth-order valence-corrected chi connectivity index (χ4v) is 4.04. The maximum absolute atomic E-state index is 12.6. The molecule has 2 aromatic carbocycles. The van der Waals surface area contributed by atoms with Crippen LogP contribution in [0.4, 0.5) is 11.4 Å². The fraction of sp³-hybridized carbons (Fsp3) is 0.167. The van der Waals surface area contributed by atoms with Gasteiger partial charge in [-0.3, -0.25) is 4.79 Å². The van der Waals surface area contributed by atoms with Crippen LogP contribution in [-0.4, -0.2) is 24.2 Å². The van der Waals surface area contributed by atoms with Gasteiger partial charge in [-0.05, 0) is 35.9 Å². The molecule has 24 heavy (non-hydrogen) atoms. The number of halogens is 1. The molecule has 0 fully saturated rings. The number of benzene rings is 2. The van der Waals surface area contributed by atoms with Gasteiger partial charge in [-0.1, -0.05) is 42.1 Å². The summed E-state index contributed by atoms with van der Waals surface area (Å²) in [5.41, 5.74) is 14.2. The van der Waals surface area contributed by atoms with Gasteiger partial charge in [-0.15, -0.1) is 24.0 Å². The first kappa shape index (κ1) is 18.8. The van der Waals surface area contributed by atoms with E-state index in [4.69, 9.17) is 11.5 Å². The van der Waals surface area contributed by atoms with E-state index in [9.17, 15) is 4.79 Å². The minimum Gasteiger partial charge on any atom is -0.399 e. The molecule has 3 rings (SSSR count). The average Bonchev–Trinajstić information content (AvgIpc) is 2.87. The molecule has 4 N–H and O–H groups in total. The van der Waals surface area contributed by atoms with Crippen molar-refractivity contribution in [3.05, 3.63) is 60.2 Å². The van der Waals surface area contributed by atoms with Gasteiger partial charge in [0, 0.05) is 17.6 Å². The fourth-order valence-electron chi connectivity index (χ4n) is 2.68. The lowest BCUT2D eigenvalue weighted by Crippen LogP contribution is -2.48. The number of fused-ring (bicyclic) bond motifs is 1. The number of para-hydroxylation sites is 1. The van der Waals surface area contributed by atoms with E-state index in [0.717, 1.165) is 21.8 Å². The molecule has 0 saturated heterocycles. The Balaban J connectivity index is 0.00000208. The third-order valence-corrected chi connectivity index (χ3v) is 5.53. The van der Waals surface area contributed by atoms with Crippen molar-refractivity contribution in [3.63, 3.8) is 0 Å². The van der Waals surface area contributed by atoms with Gasteiger partial charge >= 0.3 is 0 Å². The van der Waals surface area contributed by atoms with Gasteiger partial charge in [0.15, 0.2) is 10.7 Å². The Morgan fingerprint density at radius 1 is 1.21 bits per heavy atom. The first-order valence-corrected chi connectivity index (χ1v) is 8.18. The van der Waals surface area contributed by atoms with Gasteiger partial charge in [-0.25, -0.2) is 0 Å². The molecule has 0 bridgehead atoms. The van der Waals surface area contributed by atoms with E-state index < -0.39 is 4.87 Å². The van der Waals surface area contributed by atoms with Crippen LogP contribution in [0.1, 0.15) is 5.56 Å². The Kier molecular flexibility index (Phi) is 5.95. The van der Waals surface area contributed by atoms with Crippen LogP contribution in [0.5, 0.6) is 0 Å². The summed E-state index contributed by atoms with van der Waals surface area (Å²) in [6.07, 6.45) is 3.88. The predicted octanol–water partition coefficient (Wildman–Crippen LogP) is 3.37. The number of nitrogens with two attached hydrogens (primary N) is 2. The lowest BCUT2D eigenvalue weighted by Gasteiger charge is -2.32. The number of nitrogen functional groups attached to an aromatic ring is 1. The van der Waals surface area contributed by atoms with Crippen molar-refractivity contribution in [2.75, 3.05) is 24.2 Å². The first-order chi connectivity index (χ1) is 11.1. The van der Waals surface area contributed by atoms with Crippen molar-refractivity contribution >= 4 is 59.0 Å². The molecule has 0 radical (unpaired) electrons. The summed E-state index contributed by atoms with van der Waals surface area (Å²) in [4.78, 5) is 14.9. The molecular weight excluding hydrogens is 433 g/mol. The summed E-state index contributed by atoms with van der Waals surface area (Å²) in [6, 6.07) is 15.5. The van der Waals surface area contributed by atoms with E-state index in [1.54, 1.807) is 0 Å². The van der Waals surface area contributed by atoms with E-state index in [1.165, 1.54) is 11.8 Å². The monoisotopic (exact) mass is 453 g/mol. The number of carbonyl (C=O) groups excluding carboxylic acids is 1. The van der Waals surface area contributed by atoms with Crippen LogP contribution < -0.4 is 16.4 Å².